The Balaban J connectivity index is 2.10. The first-order valence-corrected chi connectivity index (χ1v) is 5.89. The molecule has 0 atom stereocenters. The second kappa shape index (κ2) is 4.80. The Hall–Kier alpha value is -1.23. The number of amides is 1. The predicted molar refractivity (Wildman–Crippen MR) is 61.0 cm³/mol. The zero-order valence-corrected chi connectivity index (χ0v) is 10.1. The van der Waals surface area contributed by atoms with E-state index < -0.39 is 11.7 Å². The Kier molecular flexibility index (Phi) is 3.52. The van der Waals surface area contributed by atoms with Gasteiger partial charge in [0, 0.05) is 12.5 Å². The van der Waals surface area contributed by atoms with Crippen molar-refractivity contribution in [2.24, 2.45) is 5.92 Å². The van der Waals surface area contributed by atoms with E-state index in [1.165, 1.54) is 12.1 Å². The van der Waals surface area contributed by atoms with Crippen molar-refractivity contribution in [3.05, 3.63) is 34.3 Å². The second-order valence-corrected chi connectivity index (χ2v) is 4.65. The highest BCUT2D eigenvalue weighted by Gasteiger charge is 2.34. The molecule has 1 fully saturated rings. The molecule has 1 aromatic rings. The molecule has 0 bridgehead atoms. The Bertz CT molecular complexity index is 469. The maximum absolute atomic E-state index is 12.6. The molecule has 2 nitrogen and oxygen atoms in total. The Morgan fingerprint density at radius 2 is 2.06 bits per heavy atom. The minimum atomic E-state index is -4.48. The molecule has 0 aliphatic heterocycles. The van der Waals surface area contributed by atoms with Gasteiger partial charge in [-0.25, -0.2) is 0 Å². The fourth-order valence-corrected chi connectivity index (χ4v) is 1.91. The van der Waals surface area contributed by atoms with Crippen molar-refractivity contribution in [1.82, 2.24) is 5.32 Å². The van der Waals surface area contributed by atoms with Crippen LogP contribution in [0.4, 0.5) is 13.2 Å². The van der Waals surface area contributed by atoms with E-state index >= 15 is 0 Å². The van der Waals surface area contributed by atoms with Gasteiger partial charge in [0.05, 0.1) is 10.6 Å². The molecule has 98 valence electrons. The number of nitrogens with one attached hydrogen (secondary N) is 1. The van der Waals surface area contributed by atoms with Gasteiger partial charge in [-0.2, -0.15) is 13.2 Å². The molecule has 18 heavy (non-hydrogen) atoms. The summed E-state index contributed by atoms with van der Waals surface area (Å²) in [5, 5.41) is 2.24. The molecular formula is C12H11ClF3NO. The van der Waals surface area contributed by atoms with E-state index in [2.05, 4.69) is 5.32 Å². The summed E-state index contributed by atoms with van der Waals surface area (Å²) >= 11 is 5.70. The highest BCUT2D eigenvalue weighted by Crippen LogP contribution is 2.36. The Morgan fingerprint density at radius 1 is 1.39 bits per heavy atom. The van der Waals surface area contributed by atoms with Crippen LogP contribution in [0.2, 0.25) is 5.02 Å². The van der Waals surface area contributed by atoms with Gasteiger partial charge in [0.25, 0.3) is 0 Å². The molecule has 2 rings (SSSR count). The van der Waals surface area contributed by atoms with E-state index in [9.17, 15) is 18.0 Å². The summed E-state index contributed by atoms with van der Waals surface area (Å²) in [7, 11) is 0. The van der Waals surface area contributed by atoms with Crippen LogP contribution in [0.25, 0.3) is 0 Å². The van der Waals surface area contributed by atoms with E-state index in [1.54, 1.807) is 0 Å². The average molecular weight is 278 g/mol. The molecule has 1 N–H and O–H groups in total. The topological polar surface area (TPSA) is 29.1 Å². The van der Waals surface area contributed by atoms with Gasteiger partial charge in [0.2, 0.25) is 5.91 Å². The third-order valence-corrected chi connectivity index (χ3v) is 3.23. The Morgan fingerprint density at radius 3 is 2.61 bits per heavy atom. The van der Waals surface area contributed by atoms with Crippen LogP contribution in [0.15, 0.2) is 18.2 Å². The van der Waals surface area contributed by atoms with Crippen molar-refractivity contribution in [1.29, 1.82) is 0 Å². The van der Waals surface area contributed by atoms with Crippen molar-refractivity contribution in [3.63, 3.8) is 0 Å². The fourth-order valence-electron chi connectivity index (χ4n) is 1.61. The Labute approximate surface area is 107 Å². The molecule has 6 heteroatoms. The fraction of sp³-hybridized carbons (Fsp3) is 0.417. The van der Waals surface area contributed by atoms with Crippen LogP contribution in [-0.2, 0) is 17.5 Å². The third kappa shape index (κ3) is 2.96. The van der Waals surface area contributed by atoms with E-state index in [4.69, 9.17) is 11.6 Å². The van der Waals surface area contributed by atoms with Gasteiger partial charge < -0.3 is 5.32 Å². The predicted octanol–water partition coefficient (Wildman–Crippen LogP) is 3.39. The summed E-state index contributed by atoms with van der Waals surface area (Å²) in [5.41, 5.74) is -0.595. The molecule has 1 aliphatic rings. The minimum Gasteiger partial charge on any atom is -0.352 e. The first-order chi connectivity index (χ1) is 8.39. The lowest BCUT2D eigenvalue weighted by atomic mass is 10.1. The monoisotopic (exact) mass is 277 g/mol. The normalized spacial score (nSPS) is 15.6. The van der Waals surface area contributed by atoms with Crippen LogP contribution in [0.1, 0.15) is 24.0 Å². The van der Waals surface area contributed by atoms with Crippen LogP contribution in [-0.4, -0.2) is 5.91 Å². The second-order valence-electron chi connectivity index (χ2n) is 4.27. The number of hydrogen-bond acceptors (Lipinski definition) is 1. The molecule has 0 saturated heterocycles. The highest BCUT2D eigenvalue weighted by molar-refractivity contribution is 6.32. The zero-order valence-electron chi connectivity index (χ0n) is 9.35. The van der Waals surface area contributed by atoms with Gasteiger partial charge in [-0.15, -0.1) is 0 Å². The van der Waals surface area contributed by atoms with Crippen LogP contribution in [0, 0.1) is 5.92 Å². The highest BCUT2D eigenvalue weighted by atomic mass is 35.5. The number of halogens is 4. The van der Waals surface area contributed by atoms with Crippen molar-refractivity contribution < 1.29 is 18.0 Å². The summed E-state index contributed by atoms with van der Waals surface area (Å²) < 4.78 is 37.8. The molecule has 1 aromatic carbocycles. The maximum atomic E-state index is 12.6. The first kappa shape index (κ1) is 13.2. The smallest absolute Gasteiger partial charge is 0.352 e. The van der Waals surface area contributed by atoms with Crippen molar-refractivity contribution in [2.45, 2.75) is 25.6 Å². The van der Waals surface area contributed by atoms with Crippen molar-refractivity contribution in [2.75, 3.05) is 0 Å². The lowest BCUT2D eigenvalue weighted by Crippen LogP contribution is -2.24. The van der Waals surface area contributed by atoms with Crippen molar-refractivity contribution in [3.8, 4) is 0 Å². The number of carbonyl (C=O) groups excluding carboxylic acids is 1. The molecule has 0 aromatic heterocycles. The van der Waals surface area contributed by atoms with Crippen LogP contribution in [0.5, 0.6) is 0 Å². The largest absolute Gasteiger partial charge is 0.417 e. The van der Waals surface area contributed by atoms with Gasteiger partial charge in [0.1, 0.15) is 0 Å². The third-order valence-electron chi connectivity index (χ3n) is 2.79. The number of benzene rings is 1. The summed E-state index contributed by atoms with van der Waals surface area (Å²) in [6.45, 7) is 0.0259. The van der Waals surface area contributed by atoms with E-state index in [0.29, 0.717) is 0 Å². The molecule has 0 heterocycles. The number of rotatable bonds is 3. The molecule has 0 radical (unpaired) electrons. The summed E-state index contributed by atoms with van der Waals surface area (Å²) in [6.07, 6.45) is -2.78. The molecule has 1 aliphatic carbocycles. The van der Waals surface area contributed by atoms with E-state index in [0.717, 1.165) is 18.9 Å². The number of carbonyl (C=O) groups is 1. The van der Waals surface area contributed by atoms with Gasteiger partial charge in [-0.1, -0.05) is 23.7 Å². The quantitative estimate of drug-likeness (QED) is 0.901. The lowest BCUT2D eigenvalue weighted by molar-refractivity contribution is -0.137. The average Bonchev–Trinajstić information content (AvgIpc) is 3.09. The molecule has 1 saturated carbocycles. The molecule has 0 unspecified atom stereocenters. The van der Waals surface area contributed by atoms with Crippen molar-refractivity contribution >= 4 is 17.5 Å². The van der Waals surface area contributed by atoms with E-state index in [-0.39, 0.29) is 29.0 Å². The summed E-state index contributed by atoms with van der Waals surface area (Å²) in [4.78, 5) is 11.4. The molecule has 0 spiro atoms. The standard InChI is InChI=1S/C12H11ClF3NO/c13-10-8(6-17-11(18)7-4-5-7)2-1-3-9(10)12(14,15)16/h1-3,7H,4-6H2,(H,17,18). The van der Waals surface area contributed by atoms with Gasteiger partial charge in [-0.05, 0) is 24.5 Å². The van der Waals surface area contributed by atoms with Crippen LogP contribution >= 0.6 is 11.6 Å². The maximum Gasteiger partial charge on any atom is 0.417 e. The molecular weight excluding hydrogens is 267 g/mol. The van der Waals surface area contributed by atoms with Crippen LogP contribution in [0.3, 0.4) is 0 Å². The minimum absolute atomic E-state index is 0.0228. The van der Waals surface area contributed by atoms with Gasteiger partial charge >= 0.3 is 6.18 Å². The number of hydrogen-bond donors (Lipinski definition) is 1. The number of alkyl halides is 3. The summed E-state index contributed by atoms with van der Waals surface area (Å²) in [6, 6.07) is 3.69. The van der Waals surface area contributed by atoms with Gasteiger partial charge in [0.15, 0.2) is 0 Å². The van der Waals surface area contributed by atoms with Crippen LogP contribution < -0.4 is 5.32 Å². The van der Waals surface area contributed by atoms with Gasteiger partial charge in [-0.3, -0.25) is 4.79 Å². The van der Waals surface area contributed by atoms with E-state index in [1.807, 2.05) is 0 Å². The molecule has 1 amide bonds. The zero-order chi connectivity index (χ0) is 13.3. The lowest BCUT2D eigenvalue weighted by Gasteiger charge is -2.12. The SMILES string of the molecule is O=C(NCc1cccc(C(F)(F)F)c1Cl)C1CC1. The summed E-state index contributed by atoms with van der Waals surface area (Å²) in [5.74, 6) is -0.0990. The first-order valence-electron chi connectivity index (χ1n) is 5.52.